The van der Waals surface area contributed by atoms with Crippen molar-refractivity contribution in [3.05, 3.63) is 23.3 Å². The van der Waals surface area contributed by atoms with E-state index < -0.39 is 0 Å². The Morgan fingerprint density at radius 1 is 1.33 bits per heavy atom. The van der Waals surface area contributed by atoms with Crippen LogP contribution in [0.1, 0.15) is 44.7 Å². The summed E-state index contributed by atoms with van der Waals surface area (Å²) >= 11 is 0. The monoisotopic (exact) mass is 250 g/mol. The fourth-order valence-electron chi connectivity index (χ4n) is 1.84. The fraction of sp³-hybridized carbons (Fsp3) is 0.600. The number of aryl methyl sites for hydroxylation is 1. The Morgan fingerprint density at radius 2 is 1.94 bits per heavy atom. The van der Waals surface area contributed by atoms with Gasteiger partial charge in [0, 0.05) is 17.8 Å². The van der Waals surface area contributed by atoms with E-state index in [0.717, 1.165) is 18.0 Å². The molecule has 3 N–H and O–H groups in total. The van der Waals surface area contributed by atoms with E-state index in [0.29, 0.717) is 5.92 Å². The van der Waals surface area contributed by atoms with Crippen LogP contribution >= 0.6 is 0 Å². The van der Waals surface area contributed by atoms with E-state index in [9.17, 15) is 0 Å². The van der Waals surface area contributed by atoms with Gasteiger partial charge in [-0.05, 0) is 49.9 Å². The summed E-state index contributed by atoms with van der Waals surface area (Å²) in [6.45, 7) is 11.2. The maximum absolute atomic E-state index is 6.00. The van der Waals surface area contributed by atoms with Crippen molar-refractivity contribution in [2.45, 2.75) is 46.1 Å². The van der Waals surface area contributed by atoms with E-state index in [1.54, 1.807) is 7.11 Å². The van der Waals surface area contributed by atoms with E-state index in [2.05, 4.69) is 38.2 Å². The predicted molar refractivity (Wildman–Crippen MR) is 78.6 cm³/mol. The number of hydrogen-bond donors (Lipinski definition) is 2. The zero-order valence-corrected chi connectivity index (χ0v) is 12.4. The molecule has 0 radical (unpaired) electrons. The van der Waals surface area contributed by atoms with Gasteiger partial charge in [0.15, 0.2) is 0 Å². The predicted octanol–water partition coefficient (Wildman–Crippen LogP) is 3.28. The molecule has 0 fully saturated rings. The van der Waals surface area contributed by atoms with E-state index in [1.165, 1.54) is 11.1 Å². The molecule has 0 unspecified atom stereocenters. The van der Waals surface area contributed by atoms with Crippen LogP contribution in [0.4, 0.5) is 5.69 Å². The Morgan fingerprint density at radius 3 is 2.39 bits per heavy atom. The van der Waals surface area contributed by atoms with E-state index in [4.69, 9.17) is 10.5 Å². The number of hydrogen-bond acceptors (Lipinski definition) is 3. The highest BCUT2D eigenvalue weighted by Gasteiger charge is 2.14. The van der Waals surface area contributed by atoms with Crippen LogP contribution in [0.5, 0.6) is 5.75 Å². The standard InChI is InChI=1S/C15H26N2O/c1-10(2)12-8-13(17-9-15(4,5)16)11(3)7-14(12)18-6/h7-8,10,17H,9,16H2,1-6H3. The minimum Gasteiger partial charge on any atom is -0.496 e. The third kappa shape index (κ3) is 3.91. The third-order valence-corrected chi connectivity index (χ3v) is 2.93. The van der Waals surface area contributed by atoms with Crippen molar-refractivity contribution in [1.82, 2.24) is 0 Å². The van der Waals surface area contributed by atoms with Crippen LogP contribution in [0.3, 0.4) is 0 Å². The molecule has 1 aromatic rings. The van der Waals surface area contributed by atoms with Gasteiger partial charge in [-0.15, -0.1) is 0 Å². The highest BCUT2D eigenvalue weighted by atomic mass is 16.5. The molecule has 0 bridgehead atoms. The van der Waals surface area contributed by atoms with Crippen LogP contribution < -0.4 is 15.8 Å². The average molecular weight is 250 g/mol. The van der Waals surface area contributed by atoms with Gasteiger partial charge in [0.05, 0.1) is 7.11 Å². The smallest absolute Gasteiger partial charge is 0.122 e. The van der Waals surface area contributed by atoms with Gasteiger partial charge in [-0.3, -0.25) is 0 Å². The molecule has 3 heteroatoms. The Kier molecular flexibility index (Phi) is 4.63. The van der Waals surface area contributed by atoms with Crippen molar-refractivity contribution in [2.24, 2.45) is 5.73 Å². The quantitative estimate of drug-likeness (QED) is 0.843. The molecule has 0 amide bonds. The first kappa shape index (κ1) is 14.8. The Balaban J connectivity index is 3.02. The lowest BCUT2D eigenvalue weighted by molar-refractivity contribution is 0.407. The van der Waals surface area contributed by atoms with Crippen LogP contribution in [-0.2, 0) is 0 Å². The Hall–Kier alpha value is -1.22. The molecule has 0 saturated carbocycles. The van der Waals surface area contributed by atoms with Gasteiger partial charge >= 0.3 is 0 Å². The van der Waals surface area contributed by atoms with Crippen molar-refractivity contribution in [3.63, 3.8) is 0 Å². The van der Waals surface area contributed by atoms with Crippen LogP contribution in [0.2, 0.25) is 0 Å². The Bertz CT molecular complexity index is 406. The number of ether oxygens (including phenoxy) is 1. The van der Waals surface area contributed by atoms with Crippen molar-refractivity contribution in [3.8, 4) is 5.75 Å². The highest BCUT2D eigenvalue weighted by Crippen LogP contribution is 2.32. The molecular formula is C15H26N2O. The summed E-state index contributed by atoms with van der Waals surface area (Å²) in [6, 6.07) is 4.26. The lowest BCUT2D eigenvalue weighted by Crippen LogP contribution is -2.39. The van der Waals surface area contributed by atoms with Gasteiger partial charge in [-0.2, -0.15) is 0 Å². The van der Waals surface area contributed by atoms with Crippen molar-refractivity contribution < 1.29 is 4.74 Å². The highest BCUT2D eigenvalue weighted by molar-refractivity contribution is 5.58. The molecule has 0 spiro atoms. The van der Waals surface area contributed by atoms with Crippen molar-refractivity contribution in [1.29, 1.82) is 0 Å². The first-order valence-corrected chi connectivity index (χ1v) is 6.46. The van der Waals surface area contributed by atoms with Gasteiger partial charge in [-0.25, -0.2) is 0 Å². The molecule has 102 valence electrons. The number of nitrogens with one attached hydrogen (secondary N) is 1. The topological polar surface area (TPSA) is 47.3 Å². The minimum atomic E-state index is -0.218. The maximum Gasteiger partial charge on any atom is 0.122 e. The maximum atomic E-state index is 6.00. The summed E-state index contributed by atoms with van der Waals surface area (Å²) in [5, 5.41) is 3.42. The van der Waals surface area contributed by atoms with Crippen molar-refractivity contribution in [2.75, 3.05) is 19.0 Å². The molecule has 0 heterocycles. The van der Waals surface area contributed by atoms with Gasteiger partial charge in [-0.1, -0.05) is 13.8 Å². The number of rotatable bonds is 5. The normalized spacial score (nSPS) is 11.8. The van der Waals surface area contributed by atoms with Crippen molar-refractivity contribution >= 4 is 5.69 Å². The number of nitrogens with two attached hydrogens (primary N) is 1. The number of anilines is 1. The lowest BCUT2D eigenvalue weighted by atomic mass is 9.98. The van der Waals surface area contributed by atoms with E-state index in [-0.39, 0.29) is 5.54 Å². The van der Waals surface area contributed by atoms with E-state index >= 15 is 0 Å². The first-order chi connectivity index (χ1) is 8.24. The number of methoxy groups -OCH3 is 1. The zero-order valence-electron chi connectivity index (χ0n) is 12.4. The first-order valence-electron chi connectivity index (χ1n) is 6.46. The lowest BCUT2D eigenvalue weighted by Gasteiger charge is -2.22. The molecule has 0 aliphatic rings. The second-order valence-electron chi connectivity index (χ2n) is 5.91. The zero-order chi connectivity index (χ0) is 13.9. The Labute approximate surface area is 111 Å². The van der Waals surface area contributed by atoms with Gasteiger partial charge in [0.2, 0.25) is 0 Å². The molecule has 3 nitrogen and oxygen atoms in total. The SMILES string of the molecule is COc1cc(C)c(NCC(C)(C)N)cc1C(C)C. The molecule has 0 aliphatic carbocycles. The molecule has 0 atom stereocenters. The second-order valence-corrected chi connectivity index (χ2v) is 5.91. The summed E-state index contributed by atoms with van der Waals surface area (Å²) in [7, 11) is 1.72. The second kappa shape index (κ2) is 5.61. The van der Waals surface area contributed by atoms with Gasteiger partial charge in [0.1, 0.15) is 5.75 Å². The summed E-state index contributed by atoms with van der Waals surface area (Å²) in [6.07, 6.45) is 0. The summed E-state index contributed by atoms with van der Waals surface area (Å²) < 4.78 is 5.44. The fourth-order valence-corrected chi connectivity index (χ4v) is 1.84. The van der Waals surface area contributed by atoms with Gasteiger partial charge in [0.25, 0.3) is 0 Å². The van der Waals surface area contributed by atoms with Crippen LogP contribution in [0.15, 0.2) is 12.1 Å². The molecule has 1 aromatic carbocycles. The number of benzene rings is 1. The summed E-state index contributed by atoms with van der Waals surface area (Å²) in [4.78, 5) is 0. The molecule has 0 aliphatic heterocycles. The summed E-state index contributed by atoms with van der Waals surface area (Å²) in [5.74, 6) is 1.40. The largest absolute Gasteiger partial charge is 0.496 e. The van der Waals surface area contributed by atoms with Crippen LogP contribution in [-0.4, -0.2) is 19.2 Å². The molecule has 0 aromatic heterocycles. The molecule has 1 rings (SSSR count). The third-order valence-electron chi connectivity index (χ3n) is 2.93. The van der Waals surface area contributed by atoms with E-state index in [1.807, 2.05) is 13.8 Å². The minimum absolute atomic E-state index is 0.218. The average Bonchev–Trinajstić information content (AvgIpc) is 2.25. The van der Waals surface area contributed by atoms with Crippen LogP contribution in [0, 0.1) is 6.92 Å². The molecular weight excluding hydrogens is 224 g/mol. The summed E-state index contributed by atoms with van der Waals surface area (Å²) in [5.41, 5.74) is 9.32. The molecule has 18 heavy (non-hydrogen) atoms. The van der Waals surface area contributed by atoms with Gasteiger partial charge < -0.3 is 15.8 Å². The molecule has 0 saturated heterocycles. The van der Waals surface area contributed by atoms with Crippen LogP contribution in [0.25, 0.3) is 0 Å².